The van der Waals surface area contributed by atoms with Crippen molar-refractivity contribution in [1.29, 1.82) is 0 Å². The molecular formula is C14H9Cl2F3O. The maximum atomic E-state index is 12.7. The number of methoxy groups -OCH3 is 1. The van der Waals surface area contributed by atoms with E-state index in [0.29, 0.717) is 16.1 Å². The Bertz CT molecular complexity index is 639. The quantitative estimate of drug-likeness (QED) is 0.690. The maximum Gasteiger partial charge on any atom is 0.416 e. The van der Waals surface area contributed by atoms with Gasteiger partial charge in [0.2, 0.25) is 0 Å². The van der Waals surface area contributed by atoms with Gasteiger partial charge in [-0.1, -0.05) is 35.3 Å². The molecular weight excluding hydrogens is 312 g/mol. The van der Waals surface area contributed by atoms with E-state index in [1.807, 2.05) is 0 Å². The van der Waals surface area contributed by atoms with Crippen LogP contribution in [0.3, 0.4) is 0 Å². The summed E-state index contributed by atoms with van der Waals surface area (Å²) in [4.78, 5) is 0. The standard InChI is InChI=1S/C14H9Cl2F3O/c1-20-12-7-8(14(17,18)19)5-6-9(12)10-3-2-4-11(15)13(10)16/h2-7H,1H3. The Hall–Kier alpha value is -1.39. The largest absolute Gasteiger partial charge is 0.496 e. The summed E-state index contributed by atoms with van der Waals surface area (Å²) in [5.41, 5.74) is 0.189. The molecule has 0 N–H and O–H groups in total. The van der Waals surface area contributed by atoms with Crippen LogP contribution in [-0.2, 0) is 6.18 Å². The van der Waals surface area contributed by atoms with Crippen molar-refractivity contribution in [2.24, 2.45) is 0 Å². The summed E-state index contributed by atoms with van der Waals surface area (Å²) in [6.07, 6.45) is -4.43. The molecule has 2 aromatic rings. The van der Waals surface area contributed by atoms with Gasteiger partial charge in [-0.15, -0.1) is 0 Å². The van der Waals surface area contributed by atoms with Gasteiger partial charge >= 0.3 is 6.18 Å². The normalized spacial score (nSPS) is 11.5. The molecule has 0 heterocycles. The summed E-state index contributed by atoms with van der Waals surface area (Å²) in [5, 5.41) is 0.596. The van der Waals surface area contributed by atoms with Gasteiger partial charge in [0.05, 0.1) is 22.7 Å². The molecule has 0 aliphatic carbocycles. The third kappa shape index (κ3) is 2.86. The van der Waals surface area contributed by atoms with Crippen molar-refractivity contribution in [3.05, 3.63) is 52.0 Å². The topological polar surface area (TPSA) is 9.23 Å². The van der Waals surface area contributed by atoms with Crippen molar-refractivity contribution in [2.45, 2.75) is 6.18 Å². The highest BCUT2D eigenvalue weighted by Gasteiger charge is 2.31. The molecule has 2 rings (SSSR count). The number of hydrogen-bond donors (Lipinski definition) is 0. The Morgan fingerprint density at radius 2 is 1.70 bits per heavy atom. The Labute approximate surface area is 123 Å². The van der Waals surface area contributed by atoms with E-state index in [2.05, 4.69) is 0 Å². The minimum atomic E-state index is -4.43. The van der Waals surface area contributed by atoms with Gasteiger partial charge in [0.1, 0.15) is 5.75 Å². The summed E-state index contributed by atoms with van der Waals surface area (Å²) >= 11 is 12.0. The van der Waals surface area contributed by atoms with Gasteiger partial charge in [-0.2, -0.15) is 13.2 Å². The summed E-state index contributed by atoms with van der Waals surface area (Å²) < 4.78 is 43.1. The van der Waals surface area contributed by atoms with Crippen LogP contribution in [0.5, 0.6) is 5.75 Å². The van der Waals surface area contributed by atoms with E-state index in [4.69, 9.17) is 27.9 Å². The molecule has 0 saturated heterocycles. The first-order valence-corrected chi connectivity index (χ1v) is 6.30. The van der Waals surface area contributed by atoms with Crippen molar-refractivity contribution in [1.82, 2.24) is 0 Å². The van der Waals surface area contributed by atoms with E-state index >= 15 is 0 Å². The molecule has 20 heavy (non-hydrogen) atoms. The number of ether oxygens (including phenoxy) is 1. The van der Waals surface area contributed by atoms with Crippen LogP contribution in [0.4, 0.5) is 13.2 Å². The molecule has 2 aromatic carbocycles. The summed E-state index contributed by atoms with van der Waals surface area (Å²) in [5.74, 6) is 0.0870. The Morgan fingerprint density at radius 3 is 2.30 bits per heavy atom. The second kappa shape index (κ2) is 5.54. The lowest BCUT2D eigenvalue weighted by Crippen LogP contribution is -2.05. The fourth-order valence-electron chi connectivity index (χ4n) is 1.80. The van der Waals surface area contributed by atoms with Crippen LogP contribution in [0.25, 0.3) is 11.1 Å². The Kier molecular flexibility index (Phi) is 4.16. The average Bonchev–Trinajstić information content (AvgIpc) is 2.40. The number of rotatable bonds is 2. The molecule has 6 heteroatoms. The van der Waals surface area contributed by atoms with Gasteiger partial charge in [0, 0.05) is 11.1 Å². The Balaban J connectivity index is 2.61. The second-order valence-corrected chi connectivity index (χ2v) is 4.80. The van der Waals surface area contributed by atoms with Gasteiger partial charge in [-0.05, 0) is 24.3 Å². The van der Waals surface area contributed by atoms with Crippen molar-refractivity contribution in [3.63, 3.8) is 0 Å². The molecule has 0 aromatic heterocycles. The lowest BCUT2D eigenvalue weighted by atomic mass is 10.0. The van der Waals surface area contributed by atoms with Crippen LogP contribution in [0, 0.1) is 0 Å². The van der Waals surface area contributed by atoms with Crippen LogP contribution >= 0.6 is 23.2 Å². The van der Waals surface area contributed by atoms with Crippen LogP contribution < -0.4 is 4.74 Å². The number of benzene rings is 2. The zero-order chi connectivity index (χ0) is 14.9. The first-order valence-electron chi connectivity index (χ1n) is 5.54. The van der Waals surface area contributed by atoms with E-state index in [9.17, 15) is 13.2 Å². The van der Waals surface area contributed by atoms with E-state index in [-0.39, 0.29) is 10.8 Å². The predicted octanol–water partition coefficient (Wildman–Crippen LogP) is 5.69. The second-order valence-electron chi connectivity index (χ2n) is 4.01. The average molecular weight is 321 g/mol. The molecule has 0 bridgehead atoms. The van der Waals surface area contributed by atoms with E-state index < -0.39 is 11.7 Å². The molecule has 0 radical (unpaired) electrons. The third-order valence-electron chi connectivity index (χ3n) is 2.77. The molecule has 0 atom stereocenters. The van der Waals surface area contributed by atoms with Gasteiger partial charge in [-0.3, -0.25) is 0 Å². The third-order valence-corrected chi connectivity index (χ3v) is 3.59. The van der Waals surface area contributed by atoms with Gasteiger partial charge in [0.25, 0.3) is 0 Å². The van der Waals surface area contributed by atoms with Crippen LogP contribution in [0.15, 0.2) is 36.4 Å². The highest BCUT2D eigenvalue weighted by molar-refractivity contribution is 6.43. The highest BCUT2D eigenvalue weighted by Crippen LogP contribution is 2.41. The van der Waals surface area contributed by atoms with Crippen LogP contribution in [0.1, 0.15) is 5.56 Å². The SMILES string of the molecule is COc1cc(C(F)(F)F)ccc1-c1cccc(Cl)c1Cl. The van der Waals surface area contributed by atoms with Crippen LogP contribution in [-0.4, -0.2) is 7.11 Å². The predicted molar refractivity (Wildman–Crippen MR) is 73.5 cm³/mol. The molecule has 0 amide bonds. The monoisotopic (exact) mass is 320 g/mol. The zero-order valence-corrected chi connectivity index (χ0v) is 11.8. The summed E-state index contributed by atoms with van der Waals surface area (Å²) in [7, 11) is 1.30. The van der Waals surface area contributed by atoms with Crippen LogP contribution in [0.2, 0.25) is 10.0 Å². The minimum absolute atomic E-state index is 0.0870. The lowest BCUT2D eigenvalue weighted by molar-refractivity contribution is -0.137. The fourth-order valence-corrected chi connectivity index (χ4v) is 2.20. The molecule has 0 aliphatic rings. The number of hydrogen-bond acceptors (Lipinski definition) is 1. The smallest absolute Gasteiger partial charge is 0.416 e. The number of alkyl halides is 3. The maximum absolute atomic E-state index is 12.7. The summed E-state index contributed by atoms with van der Waals surface area (Å²) in [6, 6.07) is 8.17. The van der Waals surface area contributed by atoms with Gasteiger partial charge < -0.3 is 4.74 Å². The molecule has 0 spiro atoms. The van der Waals surface area contributed by atoms with E-state index in [1.54, 1.807) is 18.2 Å². The van der Waals surface area contributed by atoms with Crippen molar-refractivity contribution in [2.75, 3.05) is 7.11 Å². The van der Waals surface area contributed by atoms with Crippen molar-refractivity contribution < 1.29 is 17.9 Å². The molecule has 0 saturated carbocycles. The van der Waals surface area contributed by atoms with Gasteiger partial charge in [-0.25, -0.2) is 0 Å². The van der Waals surface area contributed by atoms with Gasteiger partial charge in [0.15, 0.2) is 0 Å². The Morgan fingerprint density at radius 1 is 1.00 bits per heavy atom. The molecule has 0 unspecified atom stereocenters. The van der Waals surface area contributed by atoms with E-state index in [0.717, 1.165) is 12.1 Å². The first-order chi connectivity index (χ1) is 9.34. The van der Waals surface area contributed by atoms with Crippen molar-refractivity contribution in [3.8, 4) is 16.9 Å². The van der Waals surface area contributed by atoms with E-state index in [1.165, 1.54) is 13.2 Å². The number of halogens is 5. The molecule has 1 nitrogen and oxygen atoms in total. The lowest BCUT2D eigenvalue weighted by Gasteiger charge is -2.14. The van der Waals surface area contributed by atoms with Crippen molar-refractivity contribution >= 4 is 23.2 Å². The summed E-state index contributed by atoms with van der Waals surface area (Å²) in [6.45, 7) is 0. The fraction of sp³-hybridized carbons (Fsp3) is 0.143. The first kappa shape index (κ1) is 15.0. The molecule has 0 aliphatic heterocycles. The minimum Gasteiger partial charge on any atom is -0.496 e. The highest BCUT2D eigenvalue weighted by atomic mass is 35.5. The molecule has 106 valence electrons. The zero-order valence-electron chi connectivity index (χ0n) is 10.3. The molecule has 0 fully saturated rings.